The van der Waals surface area contributed by atoms with Gasteiger partial charge in [-0.25, -0.2) is 4.39 Å². The van der Waals surface area contributed by atoms with Gasteiger partial charge in [-0.15, -0.1) is 11.8 Å². The molecule has 1 atom stereocenters. The van der Waals surface area contributed by atoms with Crippen molar-refractivity contribution in [2.24, 2.45) is 5.73 Å². The minimum atomic E-state index is -0.934. The van der Waals surface area contributed by atoms with Gasteiger partial charge in [-0.2, -0.15) is 0 Å². The second-order valence-electron chi connectivity index (χ2n) is 3.56. The van der Waals surface area contributed by atoms with Crippen molar-refractivity contribution in [3.05, 3.63) is 30.1 Å². The SMILES string of the molecule is C[C@H](OC(=O)CCSc1ccccc1F)C(N)=O. The number of amides is 1. The van der Waals surface area contributed by atoms with Crippen LogP contribution in [0.5, 0.6) is 0 Å². The van der Waals surface area contributed by atoms with Crippen LogP contribution in [0.3, 0.4) is 0 Å². The highest BCUT2D eigenvalue weighted by molar-refractivity contribution is 7.99. The third-order valence-electron chi connectivity index (χ3n) is 2.11. The van der Waals surface area contributed by atoms with Crippen LogP contribution in [0.1, 0.15) is 13.3 Å². The third kappa shape index (κ3) is 4.75. The molecule has 6 heteroatoms. The maximum Gasteiger partial charge on any atom is 0.307 e. The van der Waals surface area contributed by atoms with E-state index in [9.17, 15) is 14.0 Å². The molecule has 1 aromatic carbocycles. The Labute approximate surface area is 109 Å². The zero-order valence-electron chi connectivity index (χ0n) is 9.89. The van der Waals surface area contributed by atoms with Gasteiger partial charge < -0.3 is 10.5 Å². The lowest BCUT2D eigenvalue weighted by atomic mass is 10.3. The Morgan fingerprint density at radius 3 is 2.72 bits per heavy atom. The van der Waals surface area contributed by atoms with Crippen LogP contribution in [0.15, 0.2) is 29.2 Å². The maximum absolute atomic E-state index is 13.2. The van der Waals surface area contributed by atoms with Gasteiger partial charge in [-0.05, 0) is 19.1 Å². The van der Waals surface area contributed by atoms with Crippen LogP contribution in [0.25, 0.3) is 0 Å². The Morgan fingerprint density at radius 2 is 2.11 bits per heavy atom. The van der Waals surface area contributed by atoms with Crippen LogP contribution >= 0.6 is 11.8 Å². The summed E-state index contributed by atoms with van der Waals surface area (Å²) in [6.07, 6.45) is -0.840. The van der Waals surface area contributed by atoms with Gasteiger partial charge in [0.05, 0.1) is 6.42 Å². The molecule has 0 spiro atoms. The van der Waals surface area contributed by atoms with E-state index < -0.39 is 18.0 Å². The maximum atomic E-state index is 13.2. The molecule has 18 heavy (non-hydrogen) atoms. The zero-order chi connectivity index (χ0) is 13.5. The molecule has 1 rings (SSSR count). The summed E-state index contributed by atoms with van der Waals surface area (Å²) in [6, 6.07) is 6.31. The molecular weight excluding hydrogens is 257 g/mol. The van der Waals surface area contributed by atoms with Crippen molar-refractivity contribution in [2.45, 2.75) is 24.3 Å². The van der Waals surface area contributed by atoms with E-state index in [-0.39, 0.29) is 12.2 Å². The molecule has 0 aliphatic carbocycles. The number of hydrogen-bond acceptors (Lipinski definition) is 4. The standard InChI is InChI=1S/C12H14FNO3S/c1-8(12(14)16)17-11(15)6-7-18-10-5-3-2-4-9(10)13/h2-5,8H,6-7H2,1H3,(H2,14,16)/t8-/m0/s1. The van der Waals surface area contributed by atoms with Gasteiger partial charge in [0, 0.05) is 10.6 Å². The molecule has 4 nitrogen and oxygen atoms in total. The summed E-state index contributed by atoms with van der Waals surface area (Å²) in [5.41, 5.74) is 4.95. The van der Waals surface area contributed by atoms with Gasteiger partial charge in [-0.1, -0.05) is 12.1 Å². The average Bonchev–Trinajstić information content (AvgIpc) is 2.31. The lowest BCUT2D eigenvalue weighted by Crippen LogP contribution is -2.30. The second-order valence-corrected chi connectivity index (χ2v) is 4.70. The monoisotopic (exact) mass is 271 g/mol. The van der Waals surface area contributed by atoms with E-state index >= 15 is 0 Å². The van der Waals surface area contributed by atoms with E-state index in [1.165, 1.54) is 24.8 Å². The van der Waals surface area contributed by atoms with Crippen LogP contribution in [-0.4, -0.2) is 23.7 Å². The van der Waals surface area contributed by atoms with E-state index in [0.717, 1.165) is 0 Å². The number of carbonyl (C=O) groups excluding carboxylic acids is 2. The van der Waals surface area contributed by atoms with Gasteiger partial charge in [0.15, 0.2) is 6.10 Å². The number of halogens is 1. The summed E-state index contributed by atoms with van der Waals surface area (Å²) in [7, 11) is 0. The van der Waals surface area contributed by atoms with Crippen molar-refractivity contribution in [3.63, 3.8) is 0 Å². The molecule has 1 amide bonds. The molecule has 0 saturated carbocycles. The van der Waals surface area contributed by atoms with Crippen LogP contribution < -0.4 is 5.73 Å². The van der Waals surface area contributed by atoms with Crippen molar-refractivity contribution in [1.82, 2.24) is 0 Å². The van der Waals surface area contributed by atoms with E-state index in [4.69, 9.17) is 10.5 Å². The first-order valence-corrected chi connectivity index (χ1v) is 6.35. The molecule has 0 aromatic heterocycles. The Kier molecular flexibility index (Phi) is 5.64. The van der Waals surface area contributed by atoms with Gasteiger partial charge >= 0.3 is 5.97 Å². The number of nitrogens with two attached hydrogens (primary N) is 1. The number of ether oxygens (including phenoxy) is 1. The summed E-state index contributed by atoms with van der Waals surface area (Å²) in [4.78, 5) is 22.4. The minimum Gasteiger partial charge on any atom is -0.453 e. The number of thioether (sulfide) groups is 1. The van der Waals surface area contributed by atoms with Crippen molar-refractivity contribution < 1.29 is 18.7 Å². The Balaban J connectivity index is 2.32. The van der Waals surface area contributed by atoms with Crippen molar-refractivity contribution in [1.29, 1.82) is 0 Å². The Morgan fingerprint density at radius 1 is 1.44 bits per heavy atom. The van der Waals surface area contributed by atoms with E-state index in [1.54, 1.807) is 18.2 Å². The summed E-state index contributed by atoms with van der Waals surface area (Å²) in [5, 5.41) is 0. The molecule has 0 bridgehead atoms. The number of carbonyl (C=O) groups is 2. The Hall–Kier alpha value is -1.56. The molecule has 98 valence electrons. The van der Waals surface area contributed by atoms with Gasteiger partial charge in [0.1, 0.15) is 5.82 Å². The minimum absolute atomic E-state index is 0.0939. The highest BCUT2D eigenvalue weighted by atomic mass is 32.2. The first-order valence-electron chi connectivity index (χ1n) is 5.37. The fourth-order valence-corrected chi connectivity index (χ4v) is 1.99. The summed E-state index contributed by atoms with van der Waals surface area (Å²) >= 11 is 1.22. The van der Waals surface area contributed by atoms with Crippen molar-refractivity contribution in [3.8, 4) is 0 Å². The lowest BCUT2D eigenvalue weighted by molar-refractivity contribution is -0.153. The van der Waals surface area contributed by atoms with Crippen molar-refractivity contribution in [2.75, 3.05) is 5.75 Å². The van der Waals surface area contributed by atoms with E-state index in [0.29, 0.717) is 10.6 Å². The van der Waals surface area contributed by atoms with Crippen LogP contribution in [0.4, 0.5) is 4.39 Å². The lowest BCUT2D eigenvalue weighted by Gasteiger charge is -2.09. The molecule has 2 N–H and O–H groups in total. The number of esters is 1. The van der Waals surface area contributed by atoms with E-state index in [2.05, 4.69) is 0 Å². The highest BCUT2D eigenvalue weighted by Gasteiger charge is 2.14. The first kappa shape index (κ1) is 14.5. The van der Waals surface area contributed by atoms with Crippen LogP contribution in [0.2, 0.25) is 0 Å². The fourth-order valence-electron chi connectivity index (χ4n) is 1.12. The molecule has 0 aliphatic rings. The molecule has 0 saturated heterocycles. The van der Waals surface area contributed by atoms with Crippen LogP contribution in [0, 0.1) is 5.82 Å². The van der Waals surface area contributed by atoms with Gasteiger partial charge in [0.2, 0.25) is 0 Å². The largest absolute Gasteiger partial charge is 0.453 e. The second kappa shape index (κ2) is 7.00. The predicted molar refractivity (Wildman–Crippen MR) is 66.5 cm³/mol. The third-order valence-corrected chi connectivity index (χ3v) is 3.16. The molecule has 0 unspecified atom stereocenters. The average molecular weight is 271 g/mol. The van der Waals surface area contributed by atoms with Crippen LogP contribution in [-0.2, 0) is 14.3 Å². The number of rotatable bonds is 6. The molecule has 0 heterocycles. The molecule has 1 aromatic rings. The predicted octanol–water partition coefficient (Wildman–Crippen LogP) is 1.72. The number of hydrogen-bond donors (Lipinski definition) is 1. The molecule has 0 aliphatic heterocycles. The highest BCUT2D eigenvalue weighted by Crippen LogP contribution is 2.21. The zero-order valence-corrected chi connectivity index (χ0v) is 10.7. The topological polar surface area (TPSA) is 69.4 Å². The number of primary amides is 1. The fraction of sp³-hybridized carbons (Fsp3) is 0.333. The molecule has 0 fully saturated rings. The van der Waals surface area contributed by atoms with Gasteiger partial charge in [-0.3, -0.25) is 9.59 Å². The summed E-state index contributed by atoms with van der Waals surface area (Å²) in [5.74, 6) is -1.15. The van der Waals surface area contributed by atoms with Gasteiger partial charge in [0.25, 0.3) is 5.91 Å². The molecular formula is C12H14FNO3S. The first-order chi connectivity index (χ1) is 8.50. The molecule has 0 radical (unpaired) electrons. The quantitative estimate of drug-likeness (QED) is 0.632. The normalized spacial score (nSPS) is 11.9. The summed E-state index contributed by atoms with van der Waals surface area (Å²) in [6.45, 7) is 1.41. The van der Waals surface area contributed by atoms with E-state index in [1.807, 2.05) is 0 Å². The number of benzene rings is 1. The Bertz CT molecular complexity index is 439. The smallest absolute Gasteiger partial charge is 0.307 e. The summed E-state index contributed by atoms with van der Waals surface area (Å²) < 4.78 is 18.0. The van der Waals surface area contributed by atoms with Crippen molar-refractivity contribution >= 4 is 23.6 Å².